The fraction of sp³-hybridized carbons (Fsp3) is 0.300. The van der Waals surface area contributed by atoms with Crippen LogP contribution >= 0.6 is 0 Å². The van der Waals surface area contributed by atoms with Gasteiger partial charge in [-0.1, -0.05) is 50.1 Å². The van der Waals surface area contributed by atoms with Crippen molar-refractivity contribution in [3.63, 3.8) is 0 Å². The molecule has 2 aromatic rings. The van der Waals surface area contributed by atoms with Crippen LogP contribution in [0.3, 0.4) is 0 Å². The van der Waals surface area contributed by atoms with E-state index >= 15 is 0 Å². The number of fused-ring (bicyclic) bond motifs is 2. The van der Waals surface area contributed by atoms with Crippen LogP contribution in [0.4, 0.5) is 0 Å². The topological polar surface area (TPSA) is 18.5 Å². The van der Waals surface area contributed by atoms with Gasteiger partial charge >= 0.3 is 0 Å². The van der Waals surface area contributed by atoms with E-state index in [-0.39, 0.29) is 0 Å². The lowest BCUT2D eigenvalue weighted by atomic mass is 9.93. The Bertz CT molecular complexity index is 686. The Morgan fingerprint density at radius 1 is 1.14 bits per heavy atom. The third kappa shape index (κ3) is 2.87. The van der Waals surface area contributed by atoms with E-state index in [1.807, 2.05) is 18.2 Å². The number of unbranched alkanes of at least 4 members (excludes halogenated alkanes) is 2. The molecule has 114 valence electrons. The Kier molecular flexibility index (Phi) is 4.47. The zero-order valence-electron chi connectivity index (χ0n) is 13.3. The number of rotatable bonds is 4. The maximum Gasteiger partial charge on any atom is 0.127 e. The Labute approximate surface area is 132 Å². The van der Waals surface area contributed by atoms with Crippen LogP contribution in [0.15, 0.2) is 48.5 Å². The van der Waals surface area contributed by atoms with Crippen LogP contribution in [0, 0.1) is 0 Å². The summed E-state index contributed by atoms with van der Waals surface area (Å²) in [5.74, 6) is 1.85. The highest BCUT2D eigenvalue weighted by Crippen LogP contribution is 2.38. The zero-order valence-corrected chi connectivity index (χ0v) is 13.3. The average Bonchev–Trinajstić information content (AvgIpc) is 2.72. The monoisotopic (exact) mass is 294 g/mol. The normalized spacial score (nSPS) is 14.7. The summed E-state index contributed by atoms with van der Waals surface area (Å²) in [4.78, 5) is 0. The number of allylic oxidation sites excluding steroid dienone is 1. The molecule has 1 aliphatic heterocycles. The molecular weight excluding hydrogens is 272 g/mol. The highest BCUT2D eigenvalue weighted by molar-refractivity contribution is 5.85. The molecule has 0 saturated heterocycles. The van der Waals surface area contributed by atoms with E-state index in [0.717, 1.165) is 17.9 Å². The van der Waals surface area contributed by atoms with Crippen LogP contribution in [0.25, 0.3) is 5.57 Å². The molecule has 2 aromatic carbocycles. The second-order valence-corrected chi connectivity index (χ2v) is 5.57. The molecule has 3 rings (SSSR count). The van der Waals surface area contributed by atoms with Gasteiger partial charge in [0.1, 0.15) is 18.1 Å². The third-order valence-electron chi connectivity index (χ3n) is 4.07. The molecule has 0 fully saturated rings. The van der Waals surface area contributed by atoms with Gasteiger partial charge in [0.25, 0.3) is 0 Å². The molecule has 0 bridgehead atoms. The second kappa shape index (κ2) is 6.69. The predicted molar refractivity (Wildman–Crippen MR) is 90.4 cm³/mol. The minimum absolute atomic E-state index is 0.599. The summed E-state index contributed by atoms with van der Waals surface area (Å²) in [6.07, 6.45) is 5.82. The summed E-state index contributed by atoms with van der Waals surface area (Å²) in [6.45, 7) is 2.82. The highest BCUT2D eigenvalue weighted by atomic mass is 16.5. The Morgan fingerprint density at radius 2 is 2.00 bits per heavy atom. The lowest BCUT2D eigenvalue weighted by Gasteiger charge is -2.12. The number of hydrogen-bond donors (Lipinski definition) is 0. The molecule has 1 aliphatic rings. The van der Waals surface area contributed by atoms with Gasteiger partial charge in [-0.15, -0.1) is 0 Å². The van der Waals surface area contributed by atoms with Gasteiger partial charge in [-0.25, -0.2) is 0 Å². The SMILES string of the molecule is CCCC/C=C1/c2cc(OC)ccc2COc2ccccc21. The van der Waals surface area contributed by atoms with Crippen molar-refractivity contribution in [3.05, 3.63) is 65.2 Å². The summed E-state index contributed by atoms with van der Waals surface area (Å²) in [6, 6.07) is 14.5. The van der Waals surface area contributed by atoms with Crippen molar-refractivity contribution in [2.45, 2.75) is 32.8 Å². The van der Waals surface area contributed by atoms with Crippen LogP contribution in [0.1, 0.15) is 42.9 Å². The Balaban J connectivity index is 2.13. The molecular formula is C20H22O2. The van der Waals surface area contributed by atoms with E-state index in [0.29, 0.717) is 6.61 Å². The molecule has 1 heterocycles. The summed E-state index contributed by atoms with van der Waals surface area (Å²) in [7, 11) is 1.71. The first-order chi connectivity index (χ1) is 10.8. The van der Waals surface area contributed by atoms with E-state index in [1.165, 1.54) is 35.1 Å². The molecule has 0 aliphatic carbocycles. The summed E-state index contributed by atoms with van der Waals surface area (Å²) in [5.41, 5.74) is 4.86. The van der Waals surface area contributed by atoms with Crippen LogP contribution in [0.5, 0.6) is 11.5 Å². The van der Waals surface area contributed by atoms with Gasteiger partial charge in [0.2, 0.25) is 0 Å². The quantitative estimate of drug-likeness (QED) is 0.721. The van der Waals surface area contributed by atoms with Gasteiger partial charge in [-0.2, -0.15) is 0 Å². The first-order valence-corrected chi connectivity index (χ1v) is 7.93. The van der Waals surface area contributed by atoms with Crippen molar-refractivity contribution >= 4 is 5.57 Å². The molecule has 0 N–H and O–H groups in total. The van der Waals surface area contributed by atoms with Gasteiger partial charge in [-0.05, 0) is 41.3 Å². The molecule has 0 radical (unpaired) electrons. The average molecular weight is 294 g/mol. The number of para-hydroxylation sites is 1. The van der Waals surface area contributed by atoms with Gasteiger partial charge in [0.05, 0.1) is 7.11 Å². The van der Waals surface area contributed by atoms with Crippen LogP contribution < -0.4 is 9.47 Å². The zero-order chi connectivity index (χ0) is 15.4. The molecule has 0 unspecified atom stereocenters. The smallest absolute Gasteiger partial charge is 0.127 e. The first-order valence-electron chi connectivity index (χ1n) is 7.93. The van der Waals surface area contributed by atoms with Crippen molar-refractivity contribution in [2.24, 2.45) is 0 Å². The molecule has 0 atom stereocenters. The molecule has 0 spiro atoms. The molecule has 2 heteroatoms. The summed E-state index contributed by atoms with van der Waals surface area (Å²) >= 11 is 0. The van der Waals surface area contributed by atoms with Crippen molar-refractivity contribution < 1.29 is 9.47 Å². The first kappa shape index (κ1) is 14.7. The second-order valence-electron chi connectivity index (χ2n) is 5.57. The van der Waals surface area contributed by atoms with E-state index in [1.54, 1.807) is 7.11 Å². The number of methoxy groups -OCH3 is 1. The largest absolute Gasteiger partial charge is 0.497 e. The van der Waals surface area contributed by atoms with Crippen LogP contribution in [-0.2, 0) is 6.61 Å². The van der Waals surface area contributed by atoms with Crippen molar-refractivity contribution in [2.75, 3.05) is 7.11 Å². The van der Waals surface area contributed by atoms with Crippen LogP contribution in [-0.4, -0.2) is 7.11 Å². The van der Waals surface area contributed by atoms with Crippen molar-refractivity contribution in [1.29, 1.82) is 0 Å². The summed E-state index contributed by atoms with van der Waals surface area (Å²) in [5, 5.41) is 0. The third-order valence-corrected chi connectivity index (χ3v) is 4.07. The van der Waals surface area contributed by atoms with Crippen molar-refractivity contribution in [1.82, 2.24) is 0 Å². The van der Waals surface area contributed by atoms with Gasteiger partial charge < -0.3 is 9.47 Å². The van der Waals surface area contributed by atoms with Gasteiger partial charge in [0, 0.05) is 5.56 Å². The Morgan fingerprint density at radius 3 is 2.82 bits per heavy atom. The number of ether oxygens (including phenoxy) is 2. The lowest BCUT2D eigenvalue weighted by molar-refractivity contribution is 0.307. The van der Waals surface area contributed by atoms with Gasteiger partial charge in [0.15, 0.2) is 0 Å². The minimum atomic E-state index is 0.599. The molecule has 0 amide bonds. The predicted octanol–water partition coefficient (Wildman–Crippen LogP) is 5.21. The van der Waals surface area contributed by atoms with E-state index in [2.05, 4.69) is 37.3 Å². The summed E-state index contributed by atoms with van der Waals surface area (Å²) < 4.78 is 11.4. The van der Waals surface area contributed by atoms with E-state index in [4.69, 9.17) is 9.47 Å². The Hall–Kier alpha value is -2.22. The molecule has 22 heavy (non-hydrogen) atoms. The van der Waals surface area contributed by atoms with Crippen molar-refractivity contribution in [3.8, 4) is 11.5 Å². The maximum atomic E-state index is 6.00. The maximum absolute atomic E-state index is 6.00. The van der Waals surface area contributed by atoms with Gasteiger partial charge in [-0.3, -0.25) is 0 Å². The standard InChI is InChI=1S/C20H22O2/c1-3-4-5-8-17-18-9-6-7-10-20(18)22-14-15-11-12-16(21-2)13-19(15)17/h6-13H,3-5,14H2,1-2H3/b17-8+. The minimum Gasteiger partial charge on any atom is -0.497 e. The van der Waals surface area contributed by atoms with E-state index < -0.39 is 0 Å². The fourth-order valence-electron chi connectivity index (χ4n) is 2.85. The lowest BCUT2D eigenvalue weighted by Crippen LogP contribution is -1.96. The number of hydrogen-bond acceptors (Lipinski definition) is 2. The highest BCUT2D eigenvalue weighted by Gasteiger charge is 2.19. The molecule has 2 nitrogen and oxygen atoms in total. The molecule has 0 saturated carbocycles. The fourth-order valence-corrected chi connectivity index (χ4v) is 2.85. The van der Waals surface area contributed by atoms with E-state index in [9.17, 15) is 0 Å². The van der Waals surface area contributed by atoms with Crippen LogP contribution in [0.2, 0.25) is 0 Å². The number of benzene rings is 2. The molecule has 0 aromatic heterocycles.